The normalized spacial score (nSPS) is 18.5. The molecule has 0 amide bonds. The molecule has 1 aliphatic heterocycles. The Hall–Kier alpha value is -2.55. The van der Waals surface area contributed by atoms with Crippen molar-refractivity contribution < 1.29 is 9.13 Å². The summed E-state index contributed by atoms with van der Waals surface area (Å²) in [6.07, 6.45) is 2.80. The second-order valence-corrected chi connectivity index (χ2v) is 7.01. The summed E-state index contributed by atoms with van der Waals surface area (Å²) in [4.78, 5) is 29.1. The topological polar surface area (TPSA) is 85.2 Å². The second kappa shape index (κ2) is 6.01. The molecule has 4 rings (SSSR count). The standard InChI is InChI=1S/C17H22FN5O3/c1-20-5-7-21(8-6-20)13-11(18)9-22-14(15(13)26-2)12(10-3-4-10)16(24)23(19)17(22)25/h9-10H,3-8,19H2,1-2H3. The van der Waals surface area contributed by atoms with E-state index in [2.05, 4.69) is 4.90 Å². The van der Waals surface area contributed by atoms with Crippen molar-refractivity contribution in [2.24, 2.45) is 0 Å². The zero-order valence-corrected chi connectivity index (χ0v) is 14.9. The lowest BCUT2D eigenvalue weighted by Gasteiger charge is -2.35. The van der Waals surface area contributed by atoms with Gasteiger partial charge < -0.3 is 20.4 Å². The van der Waals surface area contributed by atoms with Crippen molar-refractivity contribution in [3.8, 4) is 5.75 Å². The first-order valence-corrected chi connectivity index (χ1v) is 8.70. The van der Waals surface area contributed by atoms with E-state index in [1.807, 2.05) is 11.9 Å². The second-order valence-electron chi connectivity index (χ2n) is 7.01. The fourth-order valence-corrected chi connectivity index (χ4v) is 3.66. The van der Waals surface area contributed by atoms with E-state index in [-0.39, 0.29) is 11.7 Å². The van der Waals surface area contributed by atoms with Crippen molar-refractivity contribution >= 4 is 11.2 Å². The monoisotopic (exact) mass is 363 g/mol. The zero-order chi connectivity index (χ0) is 18.6. The highest BCUT2D eigenvalue weighted by Gasteiger charge is 2.34. The van der Waals surface area contributed by atoms with Gasteiger partial charge in [-0.2, -0.15) is 4.68 Å². The molecule has 1 aliphatic carbocycles. The number of aromatic nitrogens is 2. The minimum atomic E-state index is -0.781. The number of rotatable bonds is 3. The Morgan fingerprint density at radius 2 is 1.85 bits per heavy atom. The summed E-state index contributed by atoms with van der Waals surface area (Å²) >= 11 is 0. The fourth-order valence-electron chi connectivity index (χ4n) is 3.66. The van der Waals surface area contributed by atoms with Crippen LogP contribution in [-0.4, -0.2) is 54.3 Å². The van der Waals surface area contributed by atoms with Gasteiger partial charge in [0, 0.05) is 26.2 Å². The van der Waals surface area contributed by atoms with Crippen molar-refractivity contribution in [3.05, 3.63) is 38.4 Å². The van der Waals surface area contributed by atoms with Crippen LogP contribution in [0.25, 0.3) is 5.52 Å². The molecular formula is C17H22FN5O3. The maximum atomic E-state index is 15.0. The molecule has 0 atom stereocenters. The minimum Gasteiger partial charge on any atom is -0.492 e. The summed E-state index contributed by atoms with van der Waals surface area (Å²) in [5.74, 6) is 5.32. The Kier molecular flexibility index (Phi) is 3.91. The molecule has 8 nitrogen and oxygen atoms in total. The van der Waals surface area contributed by atoms with Crippen LogP contribution in [0.2, 0.25) is 0 Å². The molecule has 0 spiro atoms. The van der Waals surface area contributed by atoms with E-state index < -0.39 is 17.1 Å². The number of nitrogens with two attached hydrogens (primary N) is 1. The Balaban J connectivity index is 2.04. The van der Waals surface area contributed by atoms with Gasteiger partial charge in [-0.25, -0.2) is 9.18 Å². The van der Waals surface area contributed by atoms with E-state index >= 15 is 0 Å². The molecule has 0 aromatic carbocycles. The van der Waals surface area contributed by atoms with E-state index in [0.29, 0.717) is 34.5 Å². The quantitative estimate of drug-likeness (QED) is 0.770. The van der Waals surface area contributed by atoms with Crippen molar-refractivity contribution in [1.29, 1.82) is 0 Å². The van der Waals surface area contributed by atoms with E-state index in [0.717, 1.165) is 36.5 Å². The van der Waals surface area contributed by atoms with E-state index in [1.54, 1.807) is 0 Å². The lowest BCUT2D eigenvalue weighted by atomic mass is 10.1. The highest BCUT2D eigenvalue weighted by Crippen LogP contribution is 2.44. The highest BCUT2D eigenvalue weighted by atomic mass is 19.1. The van der Waals surface area contributed by atoms with Gasteiger partial charge in [-0.3, -0.25) is 9.20 Å². The number of ether oxygens (including phenoxy) is 1. The third-order valence-corrected chi connectivity index (χ3v) is 5.27. The first-order chi connectivity index (χ1) is 12.4. The summed E-state index contributed by atoms with van der Waals surface area (Å²) in [7, 11) is 3.45. The van der Waals surface area contributed by atoms with Crippen LogP contribution in [0, 0.1) is 5.82 Å². The molecule has 2 aromatic heterocycles. The number of nitrogen functional groups attached to an aromatic ring is 1. The van der Waals surface area contributed by atoms with Crippen LogP contribution in [0.5, 0.6) is 5.75 Å². The molecule has 2 aromatic rings. The average Bonchev–Trinajstić information content (AvgIpc) is 3.46. The van der Waals surface area contributed by atoms with Crippen LogP contribution >= 0.6 is 0 Å². The molecule has 2 aliphatic rings. The third kappa shape index (κ3) is 2.45. The molecular weight excluding hydrogens is 341 g/mol. The van der Waals surface area contributed by atoms with Gasteiger partial charge in [0.15, 0.2) is 11.6 Å². The predicted octanol–water partition coefficient (Wildman–Crippen LogP) is -0.0481. The molecule has 0 bridgehead atoms. The Labute approximate surface area is 149 Å². The van der Waals surface area contributed by atoms with Gasteiger partial charge in [0.25, 0.3) is 5.56 Å². The van der Waals surface area contributed by atoms with Gasteiger partial charge >= 0.3 is 5.69 Å². The van der Waals surface area contributed by atoms with Gasteiger partial charge in [0.2, 0.25) is 0 Å². The molecule has 0 radical (unpaired) electrons. The summed E-state index contributed by atoms with van der Waals surface area (Å²) in [6, 6.07) is 0. The largest absolute Gasteiger partial charge is 0.492 e. The number of hydrogen-bond acceptors (Lipinski definition) is 6. The number of nitrogens with zero attached hydrogens (tertiary/aromatic N) is 4. The van der Waals surface area contributed by atoms with Gasteiger partial charge in [-0.1, -0.05) is 0 Å². The lowest BCUT2D eigenvalue weighted by molar-refractivity contribution is 0.309. The highest BCUT2D eigenvalue weighted by molar-refractivity contribution is 5.78. The van der Waals surface area contributed by atoms with E-state index in [4.69, 9.17) is 10.6 Å². The van der Waals surface area contributed by atoms with Crippen LogP contribution in [0.3, 0.4) is 0 Å². The van der Waals surface area contributed by atoms with Gasteiger partial charge in [-0.05, 0) is 25.8 Å². The number of piperazine rings is 1. The first kappa shape index (κ1) is 16.9. The number of methoxy groups -OCH3 is 1. The van der Waals surface area contributed by atoms with Crippen LogP contribution in [-0.2, 0) is 0 Å². The minimum absolute atomic E-state index is 0.0209. The molecule has 9 heteroatoms. The van der Waals surface area contributed by atoms with Crippen molar-refractivity contribution in [2.45, 2.75) is 18.8 Å². The Morgan fingerprint density at radius 1 is 1.19 bits per heavy atom. The van der Waals surface area contributed by atoms with Crippen molar-refractivity contribution in [3.63, 3.8) is 0 Å². The van der Waals surface area contributed by atoms with Crippen molar-refractivity contribution in [2.75, 3.05) is 51.1 Å². The molecule has 1 saturated carbocycles. The summed E-state index contributed by atoms with van der Waals surface area (Å²) in [6.45, 7) is 2.86. The van der Waals surface area contributed by atoms with Crippen molar-refractivity contribution in [1.82, 2.24) is 14.0 Å². The molecule has 2 N–H and O–H groups in total. The van der Waals surface area contributed by atoms with Gasteiger partial charge in [0.1, 0.15) is 11.2 Å². The Morgan fingerprint density at radius 3 is 2.42 bits per heavy atom. The number of pyridine rings is 1. The molecule has 26 heavy (non-hydrogen) atoms. The molecule has 0 unspecified atom stereocenters. The zero-order valence-electron chi connectivity index (χ0n) is 14.9. The lowest BCUT2D eigenvalue weighted by Crippen LogP contribution is -2.46. The predicted molar refractivity (Wildman–Crippen MR) is 96.3 cm³/mol. The van der Waals surface area contributed by atoms with Crippen LogP contribution in [0.1, 0.15) is 24.3 Å². The summed E-state index contributed by atoms with van der Waals surface area (Å²) < 4.78 is 22.2. The van der Waals surface area contributed by atoms with E-state index in [1.165, 1.54) is 7.11 Å². The smallest absolute Gasteiger partial charge is 0.354 e. The number of likely N-dealkylation sites (N-methyl/N-ethyl adjacent to an activating group) is 1. The SMILES string of the molecule is COc1c(N2CCN(C)CC2)c(F)cn2c(=O)n(N)c(=O)c(C3CC3)c12. The maximum Gasteiger partial charge on any atom is 0.354 e. The van der Waals surface area contributed by atoms with Gasteiger partial charge in [0.05, 0.1) is 18.9 Å². The third-order valence-electron chi connectivity index (χ3n) is 5.27. The molecule has 1 saturated heterocycles. The number of fused-ring (bicyclic) bond motifs is 1. The molecule has 3 heterocycles. The number of halogens is 1. The Bertz CT molecular complexity index is 987. The van der Waals surface area contributed by atoms with Crippen LogP contribution in [0.4, 0.5) is 10.1 Å². The van der Waals surface area contributed by atoms with Crippen LogP contribution < -0.4 is 26.7 Å². The number of anilines is 1. The average molecular weight is 363 g/mol. The van der Waals surface area contributed by atoms with Gasteiger partial charge in [-0.15, -0.1) is 0 Å². The molecule has 140 valence electrons. The molecule has 2 fully saturated rings. The summed E-state index contributed by atoms with van der Waals surface area (Å²) in [5, 5.41) is 0. The number of hydrogen-bond donors (Lipinski definition) is 1. The first-order valence-electron chi connectivity index (χ1n) is 8.70. The maximum absolute atomic E-state index is 15.0. The fraction of sp³-hybridized carbons (Fsp3) is 0.529. The van der Waals surface area contributed by atoms with E-state index in [9.17, 15) is 14.0 Å². The van der Waals surface area contributed by atoms with Crippen LogP contribution in [0.15, 0.2) is 15.8 Å². The summed E-state index contributed by atoms with van der Waals surface area (Å²) in [5.41, 5.74) is -0.249.